The fourth-order valence-corrected chi connectivity index (χ4v) is 9.56. The molecular weight excluding hydrogens is 1000 g/mol. The molecule has 2 saturated carbocycles. The van der Waals surface area contributed by atoms with Crippen molar-refractivity contribution >= 4 is 47.6 Å². The molecule has 0 aromatic heterocycles. The average molecular weight is 1080 g/mol. The summed E-state index contributed by atoms with van der Waals surface area (Å²) in [7, 11) is 0. The second-order valence-corrected chi connectivity index (χ2v) is 20.6. The van der Waals surface area contributed by atoms with Crippen molar-refractivity contribution in [3.8, 4) is 28.7 Å². The van der Waals surface area contributed by atoms with Gasteiger partial charge in [0, 0.05) is 43.5 Å². The Morgan fingerprint density at radius 3 is 1.60 bits per heavy atom. The van der Waals surface area contributed by atoms with Crippen LogP contribution in [0.1, 0.15) is 123 Å². The molecule has 420 valence electrons. The number of rotatable bonds is 20. The monoisotopic (exact) mass is 1080 g/mol. The summed E-state index contributed by atoms with van der Waals surface area (Å²) in [5, 5.41) is 74.9. The summed E-state index contributed by atoms with van der Waals surface area (Å²) in [6.45, 7) is 11.2. The molecule has 7 rings (SSSR count). The van der Waals surface area contributed by atoms with Crippen LogP contribution in [0.5, 0.6) is 28.7 Å². The summed E-state index contributed by atoms with van der Waals surface area (Å²) in [4.78, 5) is 63.3. The lowest BCUT2D eigenvalue weighted by Gasteiger charge is -2.40. The van der Waals surface area contributed by atoms with Crippen LogP contribution >= 0.6 is 0 Å². The molecule has 2 aliphatic heterocycles. The maximum Gasteiger partial charge on any atom is 0.335 e. The highest BCUT2D eigenvalue weighted by Gasteiger charge is 2.59. The van der Waals surface area contributed by atoms with Gasteiger partial charge in [-0.2, -0.15) is 0 Å². The molecule has 9 unspecified atom stereocenters. The normalized spacial score (nSPS) is 26.3. The van der Waals surface area contributed by atoms with E-state index in [4.69, 9.17) is 33.2 Å². The van der Waals surface area contributed by atoms with Crippen molar-refractivity contribution < 1.29 is 92.9 Å². The Labute approximate surface area is 446 Å². The van der Waals surface area contributed by atoms with Gasteiger partial charge >= 0.3 is 17.9 Å². The first-order valence-electron chi connectivity index (χ1n) is 25.9. The molecular formula is C56H72N2O19. The standard InChI is InChI=1S/C37H50N2O10.C19H22O9/c1-5-7-8-9-10-11-20-46-26-16-14-25(15-17-26)38-34(43)27(6-2)39-35(44)37(45)22-30(33-31(23-37)48-36(3,4)49-33)47-32(42)19-13-24-12-18-28(40)29(41)21-24;1-18(2)27-14-9-19(25,17(23)24)8-13(16(14)28-18)26-15(22)6-4-10-3-5-11(20)12(21)7-10/h12-19,21,27,30-31,33,40-41,45H,5-11,20,22-23H2,1-4H3,(H,38,43)(H,39,44);3-7,13-14,16,20-21,25H,8-9H2,1-2H3,(H,23,24)/b19-13+;6-4+. The molecule has 21 nitrogen and oxygen atoms in total. The van der Waals surface area contributed by atoms with Crippen molar-refractivity contribution in [2.24, 2.45) is 0 Å². The summed E-state index contributed by atoms with van der Waals surface area (Å²) >= 11 is 0. The summed E-state index contributed by atoms with van der Waals surface area (Å²) < 4.78 is 40.2. The van der Waals surface area contributed by atoms with Crippen molar-refractivity contribution in [2.45, 2.75) is 178 Å². The Hall–Kier alpha value is -6.75. The first-order valence-corrected chi connectivity index (χ1v) is 25.9. The van der Waals surface area contributed by atoms with E-state index < -0.39 is 95.2 Å². The van der Waals surface area contributed by atoms with Crippen LogP contribution in [0.4, 0.5) is 5.69 Å². The Morgan fingerprint density at radius 2 is 1.12 bits per heavy atom. The predicted molar refractivity (Wildman–Crippen MR) is 277 cm³/mol. The number of amides is 2. The number of esters is 2. The molecule has 2 amide bonds. The van der Waals surface area contributed by atoms with E-state index in [0.717, 1.165) is 25.0 Å². The van der Waals surface area contributed by atoms with Gasteiger partial charge in [-0.25, -0.2) is 14.4 Å². The van der Waals surface area contributed by atoms with Gasteiger partial charge in [0.15, 0.2) is 40.2 Å². The number of carbonyl (C=O) groups excluding carboxylic acids is 4. The van der Waals surface area contributed by atoms with E-state index in [1.54, 1.807) is 58.9 Å². The summed E-state index contributed by atoms with van der Waals surface area (Å²) in [6, 6.07) is 14.1. The maximum atomic E-state index is 13.6. The van der Waals surface area contributed by atoms with E-state index in [1.807, 2.05) is 0 Å². The summed E-state index contributed by atoms with van der Waals surface area (Å²) in [5.41, 5.74) is -2.72. The number of benzene rings is 3. The van der Waals surface area contributed by atoms with Crippen LogP contribution in [0.2, 0.25) is 0 Å². The van der Waals surface area contributed by atoms with Gasteiger partial charge < -0.3 is 79.5 Å². The zero-order valence-electron chi connectivity index (χ0n) is 44.1. The van der Waals surface area contributed by atoms with E-state index in [1.165, 1.54) is 74.2 Å². The van der Waals surface area contributed by atoms with Gasteiger partial charge in [-0.3, -0.25) is 9.59 Å². The molecule has 77 heavy (non-hydrogen) atoms. The lowest BCUT2D eigenvalue weighted by Crippen LogP contribution is -2.61. The maximum absolute atomic E-state index is 13.6. The van der Waals surface area contributed by atoms with E-state index in [-0.39, 0.29) is 55.1 Å². The SMILES string of the molecule is CC1(C)OC2CC(O)(C(=O)O)CC(OC(=O)/C=C/c3ccc(O)c(O)c3)C2O1.CCCCCCCCOc1ccc(NC(=O)C(CC)NC(=O)C2(O)CC(OC(=O)/C=C/c3ccc(O)c(O)c3)C3OC(C)(C)OC3C2)cc1. The number of nitrogens with one attached hydrogen (secondary N) is 2. The molecule has 2 aliphatic carbocycles. The molecule has 4 fully saturated rings. The number of unbranched alkanes of at least 4 members (excludes halogenated alkanes) is 5. The Bertz CT molecular complexity index is 2620. The molecule has 21 heteroatoms. The van der Waals surface area contributed by atoms with Crippen molar-refractivity contribution in [1.29, 1.82) is 0 Å². The molecule has 0 spiro atoms. The fourth-order valence-electron chi connectivity index (χ4n) is 9.56. The van der Waals surface area contributed by atoms with E-state index in [9.17, 15) is 59.7 Å². The molecule has 9 N–H and O–H groups in total. The molecule has 4 aliphatic rings. The molecule has 9 atom stereocenters. The smallest absolute Gasteiger partial charge is 0.335 e. The lowest BCUT2D eigenvalue weighted by atomic mass is 9.78. The van der Waals surface area contributed by atoms with Crippen molar-refractivity contribution in [2.75, 3.05) is 11.9 Å². The minimum absolute atomic E-state index is 0.137. The number of phenolic OH excluding ortho intramolecular Hbond substituents is 4. The van der Waals surface area contributed by atoms with Gasteiger partial charge in [-0.15, -0.1) is 0 Å². The molecule has 2 saturated heterocycles. The van der Waals surface area contributed by atoms with Gasteiger partial charge in [-0.05, 0) is 112 Å². The van der Waals surface area contributed by atoms with E-state index in [0.29, 0.717) is 29.2 Å². The third-order valence-corrected chi connectivity index (χ3v) is 13.4. The Kier molecular flexibility index (Phi) is 19.8. The van der Waals surface area contributed by atoms with Crippen LogP contribution in [-0.2, 0) is 52.4 Å². The van der Waals surface area contributed by atoms with E-state index in [2.05, 4.69) is 17.6 Å². The second kappa shape index (κ2) is 25.6. The average Bonchev–Trinajstić information content (AvgIpc) is 3.86. The topological polar surface area (TPSA) is 316 Å². The highest BCUT2D eigenvalue weighted by molar-refractivity contribution is 5.98. The number of aliphatic hydroxyl groups is 2. The third kappa shape index (κ3) is 16.4. The van der Waals surface area contributed by atoms with Gasteiger partial charge in [0.25, 0.3) is 5.91 Å². The number of aliphatic carboxylic acids is 1. The molecule has 3 aromatic carbocycles. The number of carboxylic acids is 1. The molecule has 3 aromatic rings. The number of fused-ring (bicyclic) bond motifs is 2. The van der Waals surface area contributed by atoms with Gasteiger partial charge in [0.2, 0.25) is 5.91 Å². The van der Waals surface area contributed by atoms with Gasteiger partial charge in [0.05, 0.1) is 18.8 Å². The van der Waals surface area contributed by atoms with Gasteiger partial charge in [0.1, 0.15) is 41.8 Å². The second-order valence-electron chi connectivity index (χ2n) is 20.6. The Balaban J connectivity index is 0.000000289. The molecule has 2 heterocycles. The van der Waals surface area contributed by atoms with Crippen LogP contribution in [0.15, 0.2) is 72.8 Å². The van der Waals surface area contributed by atoms with E-state index >= 15 is 0 Å². The predicted octanol–water partition coefficient (Wildman–Crippen LogP) is 6.49. The molecule has 0 radical (unpaired) electrons. The van der Waals surface area contributed by atoms with Gasteiger partial charge in [-0.1, -0.05) is 58.1 Å². The zero-order valence-corrected chi connectivity index (χ0v) is 44.1. The number of hydrogen-bond acceptors (Lipinski definition) is 18. The van der Waals surface area contributed by atoms with Crippen LogP contribution in [-0.4, -0.2) is 138 Å². The Morgan fingerprint density at radius 1 is 0.636 bits per heavy atom. The molecule has 0 bridgehead atoms. The number of anilines is 1. The van der Waals surface area contributed by atoms with Crippen LogP contribution in [0.3, 0.4) is 0 Å². The lowest BCUT2D eigenvalue weighted by molar-refractivity contribution is -0.184. The zero-order chi connectivity index (χ0) is 56.3. The highest BCUT2D eigenvalue weighted by Crippen LogP contribution is 2.44. The van der Waals surface area contributed by atoms with Crippen LogP contribution in [0.25, 0.3) is 12.2 Å². The number of aromatic hydroxyl groups is 4. The number of phenols is 4. The van der Waals surface area contributed by atoms with Crippen LogP contribution in [0, 0.1) is 0 Å². The quantitative estimate of drug-likeness (QED) is 0.0253. The number of carboxylic acid groups (broad SMARTS) is 1. The van der Waals surface area contributed by atoms with Crippen molar-refractivity contribution in [3.63, 3.8) is 0 Å². The first kappa shape index (κ1) is 59.5. The van der Waals surface area contributed by atoms with Crippen molar-refractivity contribution in [1.82, 2.24) is 5.32 Å². The fraction of sp³-hybridized carbons (Fsp3) is 0.518. The number of hydrogen-bond donors (Lipinski definition) is 9. The van der Waals surface area contributed by atoms with Crippen LogP contribution < -0.4 is 15.4 Å². The minimum atomic E-state index is -2.09. The highest BCUT2D eigenvalue weighted by atomic mass is 16.8. The third-order valence-electron chi connectivity index (χ3n) is 13.4. The number of carbonyl (C=O) groups is 5. The summed E-state index contributed by atoms with van der Waals surface area (Å²) in [5.74, 6) is -6.85. The number of ether oxygens (including phenoxy) is 7. The van der Waals surface area contributed by atoms with Crippen molar-refractivity contribution in [3.05, 3.63) is 83.9 Å². The largest absolute Gasteiger partial charge is 0.504 e. The minimum Gasteiger partial charge on any atom is -0.504 e. The first-order chi connectivity index (χ1) is 36.3. The summed E-state index contributed by atoms with van der Waals surface area (Å²) in [6.07, 6.45) is 6.29.